The zero-order chi connectivity index (χ0) is 17.9. The Morgan fingerprint density at radius 1 is 1.00 bits per heavy atom. The van der Waals surface area contributed by atoms with Crippen molar-refractivity contribution in [1.82, 2.24) is 19.9 Å². The Balaban J connectivity index is 1.50. The van der Waals surface area contributed by atoms with Gasteiger partial charge < -0.3 is 9.80 Å². The predicted octanol–water partition coefficient (Wildman–Crippen LogP) is 3.03. The zero-order valence-corrected chi connectivity index (χ0v) is 14.9. The second-order valence-electron chi connectivity index (χ2n) is 6.23. The van der Waals surface area contributed by atoms with Crippen molar-refractivity contribution >= 4 is 34.4 Å². The average Bonchev–Trinajstić information content (AvgIpc) is 2.94. The van der Waals surface area contributed by atoms with Crippen LogP contribution in [0.25, 0.3) is 11.0 Å². The van der Waals surface area contributed by atoms with Gasteiger partial charge in [0.1, 0.15) is 5.82 Å². The van der Waals surface area contributed by atoms with Gasteiger partial charge in [0, 0.05) is 49.2 Å². The molecular weight excluding hydrogens is 350 g/mol. The van der Waals surface area contributed by atoms with Crippen LogP contribution in [0.15, 0.2) is 48.9 Å². The molecule has 7 heteroatoms. The Bertz CT molecular complexity index is 934. The highest BCUT2D eigenvalue weighted by molar-refractivity contribution is 6.31. The third kappa shape index (κ3) is 3.46. The standard InChI is InChI=1S/C19H18ClN5O/c20-15-2-3-16-17(12-15)22-13-18(23-16)24-8-1-9-25(11-10-24)19(26)14-4-6-21-7-5-14/h2-7,12-13H,1,8-11H2. The van der Waals surface area contributed by atoms with Crippen molar-refractivity contribution < 1.29 is 4.79 Å². The maximum atomic E-state index is 12.6. The number of benzene rings is 1. The van der Waals surface area contributed by atoms with E-state index in [0.717, 1.165) is 42.9 Å². The van der Waals surface area contributed by atoms with E-state index in [1.54, 1.807) is 30.7 Å². The topological polar surface area (TPSA) is 62.2 Å². The molecule has 2 aromatic heterocycles. The Kier molecular flexibility index (Phi) is 4.67. The number of hydrogen-bond donors (Lipinski definition) is 0. The molecule has 0 spiro atoms. The maximum Gasteiger partial charge on any atom is 0.254 e. The van der Waals surface area contributed by atoms with Gasteiger partial charge in [0.15, 0.2) is 0 Å². The number of fused-ring (bicyclic) bond motifs is 1. The van der Waals surface area contributed by atoms with Gasteiger partial charge in [-0.3, -0.25) is 14.8 Å². The van der Waals surface area contributed by atoms with Gasteiger partial charge in [-0.05, 0) is 36.8 Å². The molecule has 3 aromatic rings. The second-order valence-corrected chi connectivity index (χ2v) is 6.67. The molecule has 6 nitrogen and oxygen atoms in total. The summed E-state index contributed by atoms with van der Waals surface area (Å²) in [5.74, 6) is 0.881. The van der Waals surface area contributed by atoms with Crippen molar-refractivity contribution in [2.24, 2.45) is 0 Å². The Morgan fingerprint density at radius 3 is 2.69 bits per heavy atom. The van der Waals surface area contributed by atoms with Crippen LogP contribution in [0.5, 0.6) is 0 Å². The lowest BCUT2D eigenvalue weighted by Gasteiger charge is -2.23. The van der Waals surface area contributed by atoms with E-state index in [4.69, 9.17) is 16.6 Å². The van der Waals surface area contributed by atoms with Crippen LogP contribution in [-0.2, 0) is 0 Å². The number of aromatic nitrogens is 3. The first kappa shape index (κ1) is 16.7. The minimum Gasteiger partial charge on any atom is -0.353 e. The first-order valence-electron chi connectivity index (χ1n) is 8.57. The quantitative estimate of drug-likeness (QED) is 0.696. The highest BCUT2D eigenvalue weighted by Gasteiger charge is 2.21. The van der Waals surface area contributed by atoms with Crippen LogP contribution < -0.4 is 4.90 Å². The molecule has 0 aliphatic carbocycles. The molecule has 0 N–H and O–H groups in total. The van der Waals surface area contributed by atoms with Gasteiger partial charge in [-0.1, -0.05) is 11.6 Å². The lowest BCUT2D eigenvalue weighted by Crippen LogP contribution is -2.35. The van der Waals surface area contributed by atoms with Crippen molar-refractivity contribution in [1.29, 1.82) is 0 Å². The number of halogens is 1. The summed E-state index contributed by atoms with van der Waals surface area (Å²) in [6.07, 6.45) is 5.96. The fraction of sp³-hybridized carbons (Fsp3) is 0.263. The van der Waals surface area contributed by atoms with Gasteiger partial charge in [0.2, 0.25) is 0 Å². The Hall–Kier alpha value is -2.73. The normalized spacial score (nSPS) is 15.1. The van der Waals surface area contributed by atoms with Crippen molar-refractivity contribution in [3.8, 4) is 0 Å². The first-order chi connectivity index (χ1) is 12.7. The third-order valence-corrected chi connectivity index (χ3v) is 4.76. The van der Waals surface area contributed by atoms with E-state index in [-0.39, 0.29) is 5.91 Å². The Labute approximate surface area is 156 Å². The summed E-state index contributed by atoms with van der Waals surface area (Å²) in [5, 5.41) is 0.652. The van der Waals surface area contributed by atoms with Gasteiger partial charge in [-0.25, -0.2) is 4.98 Å². The smallest absolute Gasteiger partial charge is 0.254 e. The molecule has 0 bridgehead atoms. The number of hydrogen-bond acceptors (Lipinski definition) is 5. The fourth-order valence-corrected chi connectivity index (χ4v) is 3.32. The van der Waals surface area contributed by atoms with Gasteiger partial charge in [-0.2, -0.15) is 0 Å². The van der Waals surface area contributed by atoms with E-state index in [1.807, 2.05) is 23.1 Å². The van der Waals surface area contributed by atoms with Crippen LogP contribution in [0, 0.1) is 0 Å². The molecule has 4 rings (SSSR count). The molecule has 1 aromatic carbocycles. The van der Waals surface area contributed by atoms with Crippen LogP contribution in [0.1, 0.15) is 16.8 Å². The van der Waals surface area contributed by atoms with E-state index in [2.05, 4.69) is 14.9 Å². The van der Waals surface area contributed by atoms with Crippen LogP contribution in [-0.4, -0.2) is 51.9 Å². The number of rotatable bonds is 2. The molecule has 0 radical (unpaired) electrons. The molecule has 1 amide bonds. The Morgan fingerprint density at radius 2 is 1.85 bits per heavy atom. The van der Waals surface area contributed by atoms with E-state index in [0.29, 0.717) is 17.1 Å². The number of pyridine rings is 1. The SMILES string of the molecule is O=C(c1ccncc1)N1CCCN(c2cnc3cc(Cl)ccc3n2)CC1. The highest BCUT2D eigenvalue weighted by atomic mass is 35.5. The fourth-order valence-electron chi connectivity index (χ4n) is 3.15. The van der Waals surface area contributed by atoms with Gasteiger partial charge in [0.25, 0.3) is 5.91 Å². The van der Waals surface area contributed by atoms with Gasteiger partial charge >= 0.3 is 0 Å². The number of carbonyl (C=O) groups excluding carboxylic acids is 1. The van der Waals surface area contributed by atoms with Crippen LogP contribution in [0.2, 0.25) is 5.02 Å². The highest BCUT2D eigenvalue weighted by Crippen LogP contribution is 2.20. The molecule has 1 aliphatic heterocycles. The molecule has 0 saturated carbocycles. The molecule has 1 aliphatic rings. The monoisotopic (exact) mass is 367 g/mol. The van der Waals surface area contributed by atoms with Gasteiger partial charge in [0.05, 0.1) is 17.2 Å². The summed E-state index contributed by atoms with van der Waals surface area (Å²) < 4.78 is 0. The molecular formula is C19H18ClN5O. The molecule has 1 fully saturated rings. The molecule has 132 valence electrons. The minimum absolute atomic E-state index is 0.0495. The second kappa shape index (κ2) is 7.25. The molecule has 1 saturated heterocycles. The third-order valence-electron chi connectivity index (χ3n) is 4.53. The summed E-state index contributed by atoms with van der Waals surface area (Å²) in [6.45, 7) is 2.95. The largest absolute Gasteiger partial charge is 0.353 e. The van der Waals surface area contributed by atoms with Crippen molar-refractivity contribution in [3.63, 3.8) is 0 Å². The van der Waals surface area contributed by atoms with Gasteiger partial charge in [-0.15, -0.1) is 0 Å². The summed E-state index contributed by atoms with van der Waals surface area (Å²) in [6, 6.07) is 9.02. The average molecular weight is 368 g/mol. The summed E-state index contributed by atoms with van der Waals surface area (Å²) in [5.41, 5.74) is 2.28. The lowest BCUT2D eigenvalue weighted by atomic mass is 10.2. The lowest BCUT2D eigenvalue weighted by molar-refractivity contribution is 0.0767. The maximum absolute atomic E-state index is 12.6. The van der Waals surface area contributed by atoms with E-state index >= 15 is 0 Å². The molecule has 3 heterocycles. The predicted molar refractivity (Wildman–Crippen MR) is 102 cm³/mol. The minimum atomic E-state index is 0.0495. The summed E-state index contributed by atoms with van der Waals surface area (Å²) in [4.78, 5) is 29.9. The molecule has 0 atom stereocenters. The van der Waals surface area contributed by atoms with Crippen molar-refractivity contribution in [2.75, 3.05) is 31.1 Å². The number of nitrogens with zero attached hydrogens (tertiary/aromatic N) is 5. The molecule has 0 unspecified atom stereocenters. The number of anilines is 1. The van der Waals surface area contributed by atoms with E-state index < -0.39 is 0 Å². The van der Waals surface area contributed by atoms with E-state index in [1.165, 1.54) is 0 Å². The van der Waals surface area contributed by atoms with Crippen molar-refractivity contribution in [2.45, 2.75) is 6.42 Å². The first-order valence-corrected chi connectivity index (χ1v) is 8.95. The van der Waals surface area contributed by atoms with Crippen LogP contribution in [0.4, 0.5) is 5.82 Å². The summed E-state index contributed by atoms with van der Waals surface area (Å²) in [7, 11) is 0. The zero-order valence-electron chi connectivity index (χ0n) is 14.2. The van der Waals surface area contributed by atoms with E-state index in [9.17, 15) is 4.79 Å². The van der Waals surface area contributed by atoms with Crippen LogP contribution in [0.3, 0.4) is 0 Å². The number of amides is 1. The summed E-state index contributed by atoms with van der Waals surface area (Å²) >= 11 is 6.01. The number of carbonyl (C=O) groups is 1. The van der Waals surface area contributed by atoms with Crippen LogP contribution >= 0.6 is 11.6 Å². The van der Waals surface area contributed by atoms with Crippen molar-refractivity contribution in [3.05, 3.63) is 59.5 Å². The molecule has 26 heavy (non-hydrogen) atoms.